The maximum absolute atomic E-state index is 9.84. The van der Waals surface area contributed by atoms with Crippen LogP contribution in [-0.4, -0.2) is 24.4 Å². The minimum atomic E-state index is -0.274. The van der Waals surface area contributed by atoms with Gasteiger partial charge in [-0.1, -0.05) is 39.3 Å². The van der Waals surface area contributed by atoms with Crippen molar-refractivity contribution >= 4 is 5.69 Å². The lowest BCUT2D eigenvalue weighted by Crippen LogP contribution is -2.43. The van der Waals surface area contributed by atoms with Crippen LogP contribution in [0.4, 0.5) is 5.69 Å². The van der Waals surface area contributed by atoms with E-state index in [1.54, 1.807) is 7.11 Å². The number of methoxy groups -OCH3 is 1. The zero-order valence-electron chi connectivity index (χ0n) is 12.6. The second kappa shape index (κ2) is 7.39. The Morgan fingerprint density at radius 1 is 1.32 bits per heavy atom. The number of nitrogens with one attached hydrogen (secondary N) is 1. The minimum absolute atomic E-state index is 0.131. The van der Waals surface area contributed by atoms with Crippen LogP contribution in [0.5, 0.6) is 5.75 Å². The monoisotopic (exact) mass is 265 g/mol. The van der Waals surface area contributed by atoms with Gasteiger partial charge in [0.15, 0.2) is 0 Å². The number of anilines is 1. The fourth-order valence-corrected chi connectivity index (χ4v) is 2.34. The molecule has 0 bridgehead atoms. The average molecular weight is 265 g/mol. The average Bonchev–Trinajstić information content (AvgIpc) is 2.46. The summed E-state index contributed by atoms with van der Waals surface area (Å²) in [5, 5.41) is 13.3. The number of hydrogen-bond donors (Lipinski definition) is 2. The van der Waals surface area contributed by atoms with Crippen molar-refractivity contribution in [3.8, 4) is 5.75 Å². The molecule has 0 fully saturated rings. The molecular formula is C16H27NO2. The van der Waals surface area contributed by atoms with Crippen molar-refractivity contribution in [1.82, 2.24) is 0 Å². The third-order valence-corrected chi connectivity index (χ3v) is 3.92. The molecule has 0 aliphatic heterocycles. The standard InChI is InChI=1S/C16H27NO2/c1-5-13(3)11-16(6-2,12-18)17-14-9-7-8-10-15(14)19-4/h7-10,13,17-18H,5-6,11-12H2,1-4H3. The van der Waals surface area contributed by atoms with Crippen molar-refractivity contribution in [3.05, 3.63) is 24.3 Å². The summed E-state index contributed by atoms with van der Waals surface area (Å²) in [5.41, 5.74) is 0.675. The van der Waals surface area contributed by atoms with Crippen molar-refractivity contribution < 1.29 is 9.84 Å². The topological polar surface area (TPSA) is 41.5 Å². The van der Waals surface area contributed by atoms with E-state index in [1.807, 2.05) is 24.3 Å². The van der Waals surface area contributed by atoms with Gasteiger partial charge in [0.05, 0.1) is 24.9 Å². The molecule has 2 unspecified atom stereocenters. The van der Waals surface area contributed by atoms with E-state index in [0.717, 1.165) is 30.7 Å². The smallest absolute Gasteiger partial charge is 0.141 e. The molecule has 0 amide bonds. The Hall–Kier alpha value is -1.22. The maximum atomic E-state index is 9.84. The van der Waals surface area contributed by atoms with Gasteiger partial charge in [-0.15, -0.1) is 0 Å². The van der Waals surface area contributed by atoms with Crippen LogP contribution in [0.3, 0.4) is 0 Å². The fourth-order valence-electron chi connectivity index (χ4n) is 2.34. The Kier molecular flexibility index (Phi) is 6.16. The molecule has 0 aliphatic carbocycles. The van der Waals surface area contributed by atoms with Gasteiger partial charge in [0.25, 0.3) is 0 Å². The summed E-state index contributed by atoms with van der Waals surface area (Å²) in [7, 11) is 1.67. The van der Waals surface area contributed by atoms with E-state index in [4.69, 9.17) is 4.74 Å². The summed E-state index contributed by atoms with van der Waals surface area (Å²) in [4.78, 5) is 0. The number of aliphatic hydroxyl groups excluding tert-OH is 1. The van der Waals surface area contributed by atoms with Crippen molar-refractivity contribution in [2.45, 2.75) is 45.6 Å². The number of hydrogen-bond acceptors (Lipinski definition) is 3. The molecule has 3 heteroatoms. The van der Waals surface area contributed by atoms with Crippen LogP contribution in [0.25, 0.3) is 0 Å². The van der Waals surface area contributed by atoms with Crippen molar-refractivity contribution in [2.75, 3.05) is 19.0 Å². The molecule has 1 aromatic carbocycles. The van der Waals surface area contributed by atoms with Gasteiger partial charge in [0.1, 0.15) is 5.75 Å². The lowest BCUT2D eigenvalue weighted by atomic mass is 9.85. The predicted molar refractivity (Wildman–Crippen MR) is 80.8 cm³/mol. The van der Waals surface area contributed by atoms with Crippen LogP contribution >= 0.6 is 0 Å². The Morgan fingerprint density at radius 3 is 2.53 bits per heavy atom. The fraction of sp³-hybridized carbons (Fsp3) is 0.625. The Labute approximate surface area is 117 Å². The van der Waals surface area contributed by atoms with Gasteiger partial charge in [-0.25, -0.2) is 0 Å². The molecule has 2 N–H and O–H groups in total. The van der Waals surface area contributed by atoms with E-state index in [2.05, 4.69) is 26.1 Å². The Morgan fingerprint density at radius 2 is 2.00 bits per heavy atom. The molecule has 0 saturated carbocycles. The first-order valence-electron chi connectivity index (χ1n) is 7.12. The van der Waals surface area contributed by atoms with Crippen LogP contribution in [0.2, 0.25) is 0 Å². The summed E-state index contributed by atoms with van der Waals surface area (Å²) in [6, 6.07) is 7.86. The molecule has 1 aromatic rings. The first-order chi connectivity index (χ1) is 9.10. The SMILES string of the molecule is CCC(C)CC(CC)(CO)Nc1ccccc1OC. The highest BCUT2D eigenvalue weighted by molar-refractivity contribution is 5.57. The second-order valence-corrected chi connectivity index (χ2v) is 5.33. The highest BCUT2D eigenvalue weighted by atomic mass is 16.5. The highest BCUT2D eigenvalue weighted by Crippen LogP contribution is 2.31. The number of aliphatic hydroxyl groups is 1. The van der Waals surface area contributed by atoms with Gasteiger partial charge < -0.3 is 15.2 Å². The van der Waals surface area contributed by atoms with Crippen LogP contribution in [-0.2, 0) is 0 Å². The first-order valence-corrected chi connectivity index (χ1v) is 7.12. The Balaban J connectivity index is 2.94. The van der Waals surface area contributed by atoms with Gasteiger partial charge in [0.2, 0.25) is 0 Å². The zero-order chi connectivity index (χ0) is 14.3. The van der Waals surface area contributed by atoms with Gasteiger partial charge in [0, 0.05) is 0 Å². The maximum Gasteiger partial charge on any atom is 0.141 e. The van der Waals surface area contributed by atoms with Crippen molar-refractivity contribution in [3.63, 3.8) is 0 Å². The molecule has 3 nitrogen and oxygen atoms in total. The lowest BCUT2D eigenvalue weighted by molar-refractivity contribution is 0.181. The molecule has 108 valence electrons. The summed E-state index contributed by atoms with van der Waals surface area (Å²) in [5.74, 6) is 1.40. The van der Waals surface area contributed by atoms with E-state index in [-0.39, 0.29) is 12.1 Å². The quantitative estimate of drug-likeness (QED) is 0.753. The van der Waals surface area contributed by atoms with Gasteiger partial charge in [-0.05, 0) is 30.9 Å². The third kappa shape index (κ3) is 4.13. The molecule has 0 spiro atoms. The summed E-state index contributed by atoms with van der Waals surface area (Å²) >= 11 is 0. The predicted octanol–water partition coefficient (Wildman–Crippen LogP) is 3.68. The summed E-state index contributed by atoms with van der Waals surface area (Å²) < 4.78 is 5.37. The Bertz CT molecular complexity index is 375. The highest BCUT2D eigenvalue weighted by Gasteiger charge is 2.29. The van der Waals surface area contributed by atoms with Crippen LogP contribution in [0.15, 0.2) is 24.3 Å². The number of benzene rings is 1. The van der Waals surface area contributed by atoms with E-state index < -0.39 is 0 Å². The number of rotatable bonds is 8. The first kappa shape index (κ1) is 15.8. The summed E-state index contributed by atoms with van der Waals surface area (Å²) in [6.45, 7) is 6.66. The van der Waals surface area contributed by atoms with Gasteiger partial charge >= 0.3 is 0 Å². The molecule has 0 aliphatic rings. The third-order valence-electron chi connectivity index (χ3n) is 3.92. The van der Waals surface area contributed by atoms with Gasteiger partial charge in [-0.3, -0.25) is 0 Å². The van der Waals surface area contributed by atoms with Crippen molar-refractivity contribution in [1.29, 1.82) is 0 Å². The van der Waals surface area contributed by atoms with E-state index in [1.165, 1.54) is 0 Å². The molecular weight excluding hydrogens is 238 g/mol. The molecule has 0 heterocycles. The largest absolute Gasteiger partial charge is 0.495 e. The normalized spacial score (nSPS) is 15.6. The molecule has 2 atom stereocenters. The molecule has 0 aromatic heterocycles. The molecule has 19 heavy (non-hydrogen) atoms. The lowest BCUT2D eigenvalue weighted by Gasteiger charge is -2.35. The van der Waals surface area contributed by atoms with E-state index in [0.29, 0.717) is 5.92 Å². The second-order valence-electron chi connectivity index (χ2n) is 5.33. The molecule has 0 radical (unpaired) electrons. The number of para-hydroxylation sites is 2. The van der Waals surface area contributed by atoms with Crippen molar-refractivity contribution in [2.24, 2.45) is 5.92 Å². The van der Waals surface area contributed by atoms with E-state index >= 15 is 0 Å². The van der Waals surface area contributed by atoms with Crippen LogP contribution in [0.1, 0.15) is 40.0 Å². The van der Waals surface area contributed by atoms with Crippen LogP contribution < -0.4 is 10.1 Å². The molecule has 1 rings (SSSR count). The number of ether oxygens (including phenoxy) is 1. The minimum Gasteiger partial charge on any atom is -0.495 e. The summed E-state index contributed by atoms with van der Waals surface area (Å²) in [6.07, 6.45) is 2.95. The molecule has 0 saturated heterocycles. The zero-order valence-corrected chi connectivity index (χ0v) is 12.6. The van der Waals surface area contributed by atoms with Gasteiger partial charge in [-0.2, -0.15) is 0 Å². The van der Waals surface area contributed by atoms with Crippen LogP contribution in [0, 0.1) is 5.92 Å². The van der Waals surface area contributed by atoms with E-state index in [9.17, 15) is 5.11 Å².